The van der Waals surface area contributed by atoms with Crippen LogP contribution in [0.3, 0.4) is 0 Å². The number of fused-ring (bicyclic) bond motifs is 1. The first-order valence-corrected chi connectivity index (χ1v) is 25.1. The first-order chi connectivity index (χ1) is 35.5. The summed E-state index contributed by atoms with van der Waals surface area (Å²) in [4.78, 5) is 72.3. The number of rotatable bonds is 12. The smallest absolute Gasteiger partial charge is 0.353 e. The minimum atomic E-state index is -0.443. The highest BCUT2D eigenvalue weighted by atomic mass is 16.5. The summed E-state index contributed by atoms with van der Waals surface area (Å²) in [5.41, 5.74) is 9.26. The molecule has 1 atom stereocenters. The largest absolute Gasteiger partial charge is 0.496 e. The van der Waals surface area contributed by atoms with E-state index in [1.165, 1.54) is 16.4 Å². The molecule has 11 rings (SSSR count). The summed E-state index contributed by atoms with van der Waals surface area (Å²) >= 11 is 0. The molecule has 19 nitrogen and oxygen atoms in total. The predicted molar refractivity (Wildman–Crippen MR) is 279 cm³/mol. The van der Waals surface area contributed by atoms with Crippen molar-refractivity contribution in [3.63, 3.8) is 0 Å². The maximum atomic E-state index is 14.0. The highest BCUT2D eigenvalue weighted by molar-refractivity contribution is 6.07. The minimum Gasteiger partial charge on any atom is -0.496 e. The highest BCUT2D eigenvalue weighted by Crippen LogP contribution is 2.44. The number of carbonyl (C=O) groups excluding carboxylic acids is 3. The van der Waals surface area contributed by atoms with E-state index in [1.54, 1.807) is 42.5 Å². The van der Waals surface area contributed by atoms with Crippen molar-refractivity contribution in [1.29, 1.82) is 0 Å². The van der Waals surface area contributed by atoms with Crippen molar-refractivity contribution in [2.24, 2.45) is 14.1 Å². The second-order valence-corrected chi connectivity index (χ2v) is 19.1. The molecular weight excluding hydrogens is 927 g/mol. The first-order valence-electron chi connectivity index (χ1n) is 25.1. The van der Waals surface area contributed by atoms with Crippen LogP contribution in [0.15, 0.2) is 96.2 Å². The standard InChI is InChI=1S/C54H59N13O6/c1-6-38-40(18-22-56-50(38)66-30-29-65(54(66)71)37-9-8-21-55-33-37)39-14-13-36(67-52(73-5)59-61(3)53(67)70)31-44(39)41-15-12-35(32-46(41)72-4)62-23-19-34(20-24-62)63-25-27-64(28-26-63)45-11-7-10-42-48(58-60(2)49(42)45)43-16-17-47(68)57-51(43)69/h7-15,18,21-22,31-34,43H,6,16-17,19-20,23-30H2,1-5H3,(H,57,68,69). The fourth-order valence-corrected chi connectivity index (χ4v) is 11.5. The number of pyridine rings is 2. The number of imide groups is 1. The zero-order valence-corrected chi connectivity index (χ0v) is 41.8. The molecule has 0 spiro atoms. The molecule has 3 aromatic carbocycles. The number of aryl methyl sites for hydroxylation is 2. The lowest BCUT2D eigenvalue weighted by Gasteiger charge is -2.44. The molecular formula is C54H59N13O6. The van der Waals surface area contributed by atoms with Gasteiger partial charge in [-0.1, -0.05) is 25.1 Å². The fourth-order valence-electron chi connectivity index (χ4n) is 11.5. The van der Waals surface area contributed by atoms with E-state index in [1.807, 2.05) is 60.3 Å². The number of hydrogen-bond acceptors (Lipinski definition) is 13. The van der Waals surface area contributed by atoms with Crippen molar-refractivity contribution < 1.29 is 23.9 Å². The number of piperidine rings is 2. The van der Waals surface area contributed by atoms with Crippen molar-refractivity contribution in [3.8, 4) is 39.7 Å². The third-order valence-electron chi connectivity index (χ3n) is 15.2. The lowest BCUT2D eigenvalue weighted by molar-refractivity contribution is -0.134. The van der Waals surface area contributed by atoms with Gasteiger partial charge in [-0.25, -0.2) is 23.8 Å². The number of benzene rings is 3. The maximum absolute atomic E-state index is 14.0. The van der Waals surface area contributed by atoms with Crippen LogP contribution >= 0.6 is 0 Å². The van der Waals surface area contributed by atoms with E-state index in [0.717, 1.165) is 114 Å². The van der Waals surface area contributed by atoms with Crippen LogP contribution in [0, 0.1) is 0 Å². The third kappa shape index (κ3) is 8.49. The Hall–Kier alpha value is -8.06. The van der Waals surface area contributed by atoms with Gasteiger partial charge in [0, 0.05) is 120 Å². The van der Waals surface area contributed by atoms with Gasteiger partial charge in [-0.2, -0.15) is 5.10 Å². The van der Waals surface area contributed by atoms with Gasteiger partial charge in [0.15, 0.2) is 0 Å². The van der Waals surface area contributed by atoms with E-state index < -0.39 is 5.92 Å². The Morgan fingerprint density at radius 2 is 1.47 bits per heavy atom. The SMILES string of the molecule is CCc1c(-c2ccc(-n3c(OC)nn(C)c3=O)cc2-c2ccc(N3CCC(N4CCN(c5cccc6c(C7CCC(=O)NC7=O)nn(C)c56)CC4)CC3)cc2OC)ccnc1N1CCN(c2cccnc2)C1=O. The van der Waals surface area contributed by atoms with Gasteiger partial charge in [0.1, 0.15) is 11.6 Å². The van der Waals surface area contributed by atoms with Crippen LogP contribution in [0.25, 0.3) is 38.8 Å². The normalized spacial score (nSPS) is 18.0. The van der Waals surface area contributed by atoms with Crippen LogP contribution in [0.4, 0.5) is 27.7 Å². The molecule has 4 aliphatic rings. The Bertz CT molecular complexity index is 3320. The first kappa shape index (κ1) is 47.3. The monoisotopic (exact) mass is 985 g/mol. The summed E-state index contributed by atoms with van der Waals surface area (Å²) in [5, 5.41) is 12.6. The van der Waals surface area contributed by atoms with E-state index in [9.17, 15) is 19.2 Å². The molecule has 4 amide bonds. The van der Waals surface area contributed by atoms with Crippen molar-refractivity contribution in [1.82, 2.24) is 44.3 Å². The van der Waals surface area contributed by atoms with Gasteiger partial charge in [0.2, 0.25) is 11.8 Å². The summed E-state index contributed by atoms with van der Waals surface area (Å²) in [6.07, 6.45) is 8.57. The minimum absolute atomic E-state index is 0.158. The predicted octanol–water partition coefficient (Wildman–Crippen LogP) is 5.92. The Kier molecular flexibility index (Phi) is 12.6. The van der Waals surface area contributed by atoms with E-state index in [-0.39, 0.29) is 29.5 Å². The summed E-state index contributed by atoms with van der Waals surface area (Å²) < 4.78 is 16.4. The third-order valence-corrected chi connectivity index (χ3v) is 15.2. The van der Waals surface area contributed by atoms with E-state index in [2.05, 4.69) is 61.3 Å². The molecule has 0 aliphatic carbocycles. The summed E-state index contributed by atoms with van der Waals surface area (Å²) in [6.45, 7) is 8.47. The van der Waals surface area contributed by atoms with Crippen LogP contribution in [-0.4, -0.2) is 129 Å². The molecule has 0 saturated carbocycles. The van der Waals surface area contributed by atoms with Crippen LogP contribution in [-0.2, 0) is 30.1 Å². The topological polar surface area (TPSA) is 181 Å². The Labute approximate surface area is 422 Å². The molecule has 4 aliphatic heterocycles. The molecule has 4 saturated heterocycles. The van der Waals surface area contributed by atoms with Gasteiger partial charge in [-0.05, 0) is 90.9 Å². The number of nitrogens with one attached hydrogen (secondary N) is 1. The number of para-hydroxylation sites is 1. The van der Waals surface area contributed by atoms with E-state index >= 15 is 0 Å². The molecule has 0 bridgehead atoms. The quantitative estimate of drug-likeness (QED) is 0.143. The zero-order chi connectivity index (χ0) is 50.5. The Morgan fingerprint density at radius 1 is 0.685 bits per heavy atom. The van der Waals surface area contributed by atoms with Gasteiger partial charge < -0.3 is 19.3 Å². The number of aromatic nitrogens is 7. The number of nitrogens with zero attached hydrogens (tertiary/aromatic N) is 12. The van der Waals surface area contributed by atoms with Gasteiger partial charge in [-0.15, -0.1) is 5.10 Å². The van der Waals surface area contributed by atoms with Gasteiger partial charge in [0.25, 0.3) is 0 Å². The average molecular weight is 986 g/mol. The lowest BCUT2D eigenvalue weighted by atomic mass is 9.90. The van der Waals surface area contributed by atoms with E-state index in [0.29, 0.717) is 55.6 Å². The molecule has 19 heteroatoms. The second-order valence-electron chi connectivity index (χ2n) is 19.1. The number of ether oxygens (including phenoxy) is 2. The number of carbonyl (C=O) groups is 3. The second kappa shape index (κ2) is 19.5. The van der Waals surface area contributed by atoms with Gasteiger partial charge in [-0.3, -0.25) is 39.3 Å². The highest BCUT2D eigenvalue weighted by Gasteiger charge is 2.36. The number of methoxy groups -OCH3 is 2. The van der Waals surface area contributed by atoms with Gasteiger partial charge >= 0.3 is 17.7 Å². The Morgan fingerprint density at radius 3 is 2.21 bits per heavy atom. The molecule has 8 heterocycles. The molecule has 7 aromatic rings. The summed E-state index contributed by atoms with van der Waals surface area (Å²) in [7, 11) is 6.71. The molecule has 4 fully saturated rings. The summed E-state index contributed by atoms with van der Waals surface area (Å²) in [5.74, 6) is 0.345. The average Bonchev–Trinajstić information content (AvgIpc) is 4.08. The van der Waals surface area contributed by atoms with Crippen LogP contribution in [0.5, 0.6) is 11.8 Å². The molecule has 0 radical (unpaired) electrons. The molecule has 1 N–H and O–H groups in total. The van der Waals surface area contributed by atoms with Crippen molar-refractivity contribution >= 4 is 51.6 Å². The number of urea groups is 1. The fraction of sp³-hybridized carbons (Fsp3) is 0.370. The number of piperazine rings is 1. The molecule has 4 aromatic heterocycles. The van der Waals surface area contributed by atoms with Crippen molar-refractivity contribution in [3.05, 3.63) is 113 Å². The van der Waals surface area contributed by atoms with Crippen LogP contribution in [0.2, 0.25) is 0 Å². The van der Waals surface area contributed by atoms with Crippen molar-refractivity contribution in [2.45, 2.75) is 51.0 Å². The summed E-state index contributed by atoms with van der Waals surface area (Å²) in [6, 6.07) is 24.6. The Balaban J connectivity index is 0.837. The zero-order valence-electron chi connectivity index (χ0n) is 41.8. The van der Waals surface area contributed by atoms with Gasteiger partial charge in [0.05, 0.1) is 54.6 Å². The number of hydrogen-bond donors (Lipinski definition) is 1. The molecule has 1 unspecified atom stereocenters. The van der Waals surface area contributed by atoms with Crippen molar-refractivity contribution in [2.75, 3.05) is 86.2 Å². The molecule has 73 heavy (non-hydrogen) atoms. The number of anilines is 4. The maximum Gasteiger partial charge on any atom is 0.353 e. The van der Waals surface area contributed by atoms with Crippen LogP contribution in [0.1, 0.15) is 49.8 Å². The van der Waals surface area contributed by atoms with Crippen LogP contribution < -0.4 is 40.1 Å². The number of amides is 4. The van der Waals surface area contributed by atoms with E-state index in [4.69, 9.17) is 19.6 Å². The molecule has 376 valence electrons. The lowest BCUT2D eigenvalue weighted by Crippen LogP contribution is -2.53.